The number of ether oxygens (including phenoxy) is 1. The van der Waals surface area contributed by atoms with E-state index < -0.39 is 17.7 Å². The lowest BCUT2D eigenvalue weighted by atomic mass is 9.97. The number of carbonyl (C=O) groups is 2. The number of piperidine rings is 1. The van der Waals surface area contributed by atoms with Crippen LogP contribution in [0.4, 0.5) is 15.0 Å². The summed E-state index contributed by atoms with van der Waals surface area (Å²) in [4.78, 5) is 32.9. The molecule has 2 aromatic rings. The van der Waals surface area contributed by atoms with Crippen LogP contribution in [0.3, 0.4) is 0 Å². The molecule has 5 heterocycles. The van der Waals surface area contributed by atoms with Crippen molar-refractivity contribution in [3.8, 4) is 11.8 Å². The van der Waals surface area contributed by atoms with Crippen molar-refractivity contribution in [2.75, 3.05) is 25.0 Å². The van der Waals surface area contributed by atoms with E-state index in [1.165, 1.54) is 17.7 Å². The Balaban J connectivity index is 1.10. The molecule has 2 atom stereocenters. The Labute approximate surface area is 222 Å². The van der Waals surface area contributed by atoms with Crippen molar-refractivity contribution >= 4 is 23.5 Å². The van der Waals surface area contributed by atoms with E-state index in [9.17, 15) is 14.0 Å². The average Bonchev–Trinajstić information content (AvgIpc) is 3.56. The molecule has 9 nitrogen and oxygen atoms in total. The molecule has 3 aliphatic heterocycles. The van der Waals surface area contributed by atoms with Gasteiger partial charge in [0.25, 0.3) is 5.91 Å². The quantitative estimate of drug-likeness (QED) is 0.580. The van der Waals surface area contributed by atoms with Crippen molar-refractivity contribution < 1.29 is 18.7 Å². The number of fused-ring (bicyclic) bond motifs is 3. The maximum Gasteiger partial charge on any atom is 0.410 e. The van der Waals surface area contributed by atoms with E-state index in [4.69, 9.17) is 9.72 Å². The molecule has 0 spiro atoms. The molecule has 4 aliphatic rings. The molecule has 202 valence electrons. The first-order chi connectivity index (χ1) is 18.2. The summed E-state index contributed by atoms with van der Waals surface area (Å²) in [7, 11) is 0. The molecule has 3 saturated heterocycles. The van der Waals surface area contributed by atoms with Crippen molar-refractivity contribution in [1.82, 2.24) is 24.4 Å². The standard InChI is InChI=1S/C28H35FN6O3/c1-4-5-25(36)33-14-28(29,15-33)16-38-27(37)34-20-8-9-21(34)11-19(10-20)31-24-12-23(18-6-7-18)32-26-22(17(2)3)13-30-35(24)26/h12-13,17-21,31H,6-11,14-16H2,1-3H3. The van der Waals surface area contributed by atoms with E-state index in [-0.39, 0.29) is 37.8 Å². The smallest absolute Gasteiger partial charge is 0.410 e. The number of carbonyl (C=O) groups excluding carboxylic acids is 2. The van der Waals surface area contributed by atoms with Crippen LogP contribution >= 0.6 is 0 Å². The number of likely N-dealkylation sites (tertiary alicyclic amines) is 1. The minimum Gasteiger partial charge on any atom is -0.446 e. The molecule has 10 heteroatoms. The Morgan fingerprint density at radius 1 is 1.21 bits per heavy atom. The second-order valence-corrected chi connectivity index (χ2v) is 11.7. The molecule has 4 fully saturated rings. The second kappa shape index (κ2) is 9.44. The highest BCUT2D eigenvalue weighted by atomic mass is 19.1. The zero-order chi connectivity index (χ0) is 26.6. The van der Waals surface area contributed by atoms with Gasteiger partial charge in [-0.3, -0.25) is 4.79 Å². The maximum atomic E-state index is 14.9. The zero-order valence-electron chi connectivity index (χ0n) is 22.2. The van der Waals surface area contributed by atoms with E-state index in [1.54, 1.807) is 6.92 Å². The number of amides is 2. The fourth-order valence-corrected chi connectivity index (χ4v) is 6.22. The van der Waals surface area contributed by atoms with E-state index in [0.717, 1.165) is 48.4 Å². The Morgan fingerprint density at radius 2 is 1.92 bits per heavy atom. The van der Waals surface area contributed by atoms with Crippen LogP contribution in [0.5, 0.6) is 0 Å². The molecular weight excluding hydrogens is 487 g/mol. The maximum absolute atomic E-state index is 14.9. The summed E-state index contributed by atoms with van der Waals surface area (Å²) < 4.78 is 22.3. The van der Waals surface area contributed by atoms with Crippen LogP contribution in [0, 0.1) is 11.8 Å². The van der Waals surface area contributed by atoms with Gasteiger partial charge in [0.1, 0.15) is 12.4 Å². The van der Waals surface area contributed by atoms with Gasteiger partial charge in [-0.25, -0.2) is 14.2 Å². The molecular formula is C28H35FN6O3. The van der Waals surface area contributed by atoms with Crippen molar-refractivity contribution in [2.24, 2.45) is 0 Å². The number of halogens is 1. The summed E-state index contributed by atoms with van der Waals surface area (Å²) in [5, 5.41) is 8.38. The van der Waals surface area contributed by atoms with Gasteiger partial charge in [-0.2, -0.15) is 9.61 Å². The summed E-state index contributed by atoms with van der Waals surface area (Å²) in [5.41, 5.74) is 1.50. The third-order valence-corrected chi connectivity index (χ3v) is 8.35. The predicted octanol–water partition coefficient (Wildman–Crippen LogP) is 3.85. The molecule has 2 unspecified atom stereocenters. The topological polar surface area (TPSA) is 92.1 Å². The number of alkyl halides is 1. The van der Waals surface area contributed by atoms with Crippen LogP contribution < -0.4 is 5.32 Å². The van der Waals surface area contributed by atoms with Crippen molar-refractivity contribution in [3.05, 3.63) is 23.5 Å². The van der Waals surface area contributed by atoms with Crippen molar-refractivity contribution in [2.45, 2.75) is 94.9 Å². The summed E-state index contributed by atoms with van der Waals surface area (Å²) in [6.45, 7) is 5.36. The first-order valence-electron chi connectivity index (χ1n) is 13.8. The van der Waals surface area contributed by atoms with Crippen LogP contribution in [0.2, 0.25) is 0 Å². The SMILES string of the molecule is CC#CC(=O)N1CC(F)(COC(=O)N2C3CCC2CC(Nc2cc(C4CC4)nc4c(C(C)C)cnn24)C3)C1. The van der Waals surface area contributed by atoms with Crippen LogP contribution in [0.1, 0.15) is 82.4 Å². The molecule has 0 radical (unpaired) electrons. The molecule has 2 amide bonds. The summed E-state index contributed by atoms with van der Waals surface area (Å²) >= 11 is 0. The summed E-state index contributed by atoms with van der Waals surface area (Å²) in [6, 6.07) is 2.44. The summed E-state index contributed by atoms with van der Waals surface area (Å²) in [6.07, 6.45) is 7.24. The Hall–Kier alpha value is -3.35. The number of nitrogens with one attached hydrogen (secondary N) is 1. The molecule has 1 N–H and O–H groups in total. The van der Waals surface area contributed by atoms with E-state index in [0.29, 0.717) is 11.8 Å². The minimum absolute atomic E-state index is 0.0534. The third-order valence-electron chi connectivity index (χ3n) is 8.35. The van der Waals surface area contributed by atoms with Gasteiger partial charge in [-0.15, -0.1) is 0 Å². The van der Waals surface area contributed by atoms with Crippen LogP contribution in [-0.2, 0) is 9.53 Å². The monoisotopic (exact) mass is 522 g/mol. The van der Waals surface area contributed by atoms with Gasteiger partial charge < -0.3 is 19.9 Å². The highest BCUT2D eigenvalue weighted by Crippen LogP contribution is 2.41. The molecule has 1 aliphatic carbocycles. The molecule has 2 aromatic heterocycles. The first-order valence-corrected chi connectivity index (χ1v) is 13.8. The van der Waals surface area contributed by atoms with E-state index >= 15 is 0 Å². The van der Waals surface area contributed by atoms with Crippen LogP contribution in [-0.4, -0.2) is 79.9 Å². The van der Waals surface area contributed by atoms with Gasteiger partial charge in [0.2, 0.25) is 0 Å². The molecule has 2 bridgehead atoms. The predicted molar refractivity (Wildman–Crippen MR) is 140 cm³/mol. The lowest BCUT2D eigenvalue weighted by molar-refractivity contribution is -0.142. The minimum atomic E-state index is -1.70. The number of hydrogen-bond donors (Lipinski definition) is 1. The molecule has 38 heavy (non-hydrogen) atoms. The lowest BCUT2D eigenvalue weighted by Crippen LogP contribution is -2.63. The van der Waals surface area contributed by atoms with Gasteiger partial charge in [0, 0.05) is 41.4 Å². The van der Waals surface area contributed by atoms with Gasteiger partial charge in [-0.1, -0.05) is 19.8 Å². The number of rotatable bonds is 6. The fourth-order valence-electron chi connectivity index (χ4n) is 6.22. The third kappa shape index (κ3) is 4.56. The van der Waals surface area contributed by atoms with Gasteiger partial charge >= 0.3 is 6.09 Å². The summed E-state index contributed by atoms with van der Waals surface area (Å²) in [5.74, 6) is 6.37. The second-order valence-electron chi connectivity index (χ2n) is 11.7. The Morgan fingerprint density at radius 3 is 2.55 bits per heavy atom. The van der Waals surface area contributed by atoms with Crippen LogP contribution in [0.15, 0.2) is 12.3 Å². The highest BCUT2D eigenvalue weighted by molar-refractivity contribution is 5.94. The molecule has 6 rings (SSSR count). The van der Waals surface area contributed by atoms with Crippen molar-refractivity contribution in [1.29, 1.82) is 0 Å². The van der Waals surface area contributed by atoms with E-state index in [2.05, 4.69) is 42.2 Å². The van der Waals surface area contributed by atoms with Gasteiger partial charge in [-0.05, 0) is 57.3 Å². The normalized spacial score (nSPS) is 25.7. The Bertz CT molecular complexity index is 1310. The molecule has 0 aromatic carbocycles. The average molecular weight is 523 g/mol. The van der Waals surface area contributed by atoms with Gasteiger partial charge in [0.15, 0.2) is 11.3 Å². The lowest BCUT2D eigenvalue weighted by Gasteiger charge is -2.43. The number of nitrogens with zero attached hydrogens (tertiary/aromatic N) is 5. The Kier molecular flexibility index (Phi) is 6.20. The van der Waals surface area contributed by atoms with Crippen LogP contribution in [0.25, 0.3) is 5.65 Å². The molecule has 1 saturated carbocycles. The first kappa shape index (κ1) is 25.0. The number of aromatic nitrogens is 3. The fraction of sp³-hybridized carbons (Fsp3) is 0.643. The van der Waals surface area contributed by atoms with Gasteiger partial charge in [0.05, 0.1) is 19.3 Å². The van der Waals surface area contributed by atoms with Crippen molar-refractivity contribution in [3.63, 3.8) is 0 Å². The largest absolute Gasteiger partial charge is 0.446 e. The zero-order valence-corrected chi connectivity index (χ0v) is 22.2. The highest BCUT2D eigenvalue weighted by Gasteiger charge is 2.49. The number of hydrogen-bond acceptors (Lipinski definition) is 6. The van der Waals surface area contributed by atoms with E-state index in [1.807, 2.05) is 15.6 Å². The number of anilines is 1.